The molecule has 108 valence electrons. The van der Waals surface area contributed by atoms with Crippen molar-refractivity contribution in [2.24, 2.45) is 0 Å². The molecule has 0 aliphatic carbocycles. The minimum atomic E-state index is -3.61. The van der Waals surface area contributed by atoms with Crippen molar-refractivity contribution in [1.29, 1.82) is 0 Å². The fourth-order valence-electron chi connectivity index (χ4n) is 1.60. The van der Waals surface area contributed by atoms with Gasteiger partial charge < -0.3 is 0 Å². The molecule has 0 radical (unpaired) electrons. The van der Waals surface area contributed by atoms with Gasteiger partial charge in [0.15, 0.2) is 0 Å². The second-order valence-corrected chi connectivity index (χ2v) is 8.95. The first-order chi connectivity index (χ1) is 9.29. The molecule has 0 saturated carbocycles. The number of benzene rings is 1. The molecule has 2 rings (SSSR count). The van der Waals surface area contributed by atoms with E-state index in [0.717, 1.165) is 9.88 Å². The fourth-order valence-corrected chi connectivity index (χ4v) is 5.16. The summed E-state index contributed by atoms with van der Waals surface area (Å²) in [4.78, 5) is 5.46. The highest BCUT2D eigenvalue weighted by Gasteiger charge is 2.22. The quantitative estimate of drug-likeness (QED) is 0.782. The van der Waals surface area contributed by atoms with Gasteiger partial charge in [-0.15, -0.1) is 11.3 Å². The van der Waals surface area contributed by atoms with Crippen molar-refractivity contribution in [3.63, 3.8) is 0 Å². The van der Waals surface area contributed by atoms with Crippen LogP contribution < -0.4 is 4.72 Å². The van der Waals surface area contributed by atoms with Crippen LogP contribution in [0.2, 0.25) is 0 Å². The molecule has 20 heavy (non-hydrogen) atoms. The molecule has 2 aromatic rings. The molecule has 1 atom stereocenters. The number of aromatic nitrogens is 1. The number of aryl methyl sites for hydroxylation is 1. The number of nitrogens with one attached hydrogen (secondary N) is 1. The van der Waals surface area contributed by atoms with Crippen LogP contribution in [0.25, 0.3) is 0 Å². The summed E-state index contributed by atoms with van der Waals surface area (Å²) in [7, 11) is -3.61. The van der Waals surface area contributed by atoms with E-state index in [2.05, 4.69) is 41.6 Å². The van der Waals surface area contributed by atoms with E-state index in [1.165, 1.54) is 11.3 Å². The standard InChI is InChI=1S/C12H12Br2N2O2S2/c1-7-6-15-12(19-7)8(2)16-20(17,18)11-5-9(13)3-4-10(11)14/h3-6,8,16H,1-2H3. The van der Waals surface area contributed by atoms with Gasteiger partial charge in [-0.3, -0.25) is 0 Å². The fraction of sp³-hybridized carbons (Fsp3) is 0.250. The van der Waals surface area contributed by atoms with Gasteiger partial charge in [0, 0.05) is 20.0 Å². The Labute approximate surface area is 138 Å². The second-order valence-electron chi connectivity index (χ2n) is 4.23. The molecular formula is C12H12Br2N2O2S2. The Morgan fingerprint density at radius 2 is 2.05 bits per heavy atom. The van der Waals surface area contributed by atoms with Gasteiger partial charge in [-0.1, -0.05) is 15.9 Å². The Kier molecular flexibility index (Phi) is 5.01. The summed E-state index contributed by atoms with van der Waals surface area (Å²) in [6, 6.07) is 4.66. The van der Waals surface area contributed by atoms with Crippen molar-refractivity contribution in [2.45, 2.75) is 24.8 Å². The SMILES string of the molecule is Cc1cnc(C(C)NS(=O)(=O)c2cc(Br)ccc2Br)s1. The lowest BCUT2D eigenvalue weighted by atomic mass is 10.4. The minimum absolute atomic E-state index is 0.201. The molecule has 8 heteroatoms. The number of rotatable bonds is 4. The lowest BCUT2D eigenvalue weighted by Gasteiger charge is -2.13. The maximum Gasteiger partial charge on any atom is 0.242 e. The molecule has 1 aromatic heterocycles. The zero-order chi connectivity index (χ0) is 14.9. The number of hydrogen-bond donors (Lipinski definition) is 1. The summed E-state index contributed by atoms with van der Waals surface area (Å²) >= 11 is 8.02. The maximum atomic E-state index is 12.4. The monoisotopic (exact) mass is 438 g/mol. The summed E-state index contributed by atoms with van der Waals surface area (Å²) in [6.45, 7) is 3.72. The predicted octanol–water partition coefficient (Wildman–Crippen LogP) is 4.02. The zero-order valence-corrected chi connectivity index (χ0v) is 15.5. The Balaban J connectivity index is 2.29. The van der Waals surface area contributed by atoms with Crippen LogP contribution in [0.4, 0.5) is 0 Å². The molecule has 1 heterocycles. The first kappa shape index (κ1) is 16.1. The van der Waals surface area contributed by atoms with Gasteiger partial charge in [0.25, 0.3) is 0 Å². The van der Waals surface area contributed by atoms with Crippen molar-refractivity contribution < 1.29 is 8.42 Å². The third-order valence-electron chi connectivity index (χ3n) is 2.52. The van der Waals surface area contributed by atoms with Gasteiger partial charge in [0.2, 0.25) is 10.0 Å². The van der Waals surface area contributed by atoms with E-state index in [4.69, 9.17) is 0 Å². The highest BCUT2D eigenvalue weighted by molar-refractivity contribution is 9.11. The minimum Gasteiger partial charge on any atom is -0.248 e. The molecule has 4 nitrogen and oxygen atoms in total. The molecule has 1 N–H and O–H groups in total. The average Bonchev–Trinajstić information content (AvgIpc) is 2.78. The van der Waals surface area contributed by atoms with Crippen molar-refractivity contribution in [3.05, 3.63) is 43.2 Å². The molecule has 0 aliphatic rings. The molecule has 0 bridgehead atoms. The van der Waals surface area contributed by atoms with Crippen LogP contribution in [-0.4, -0.2) is 13.4 Å². The van der Waals surface area contributed by atoms with Gasteiger partial charge in [-0.05, 0) is 48.0 Å². The van der Waals surface area contributed by atoms with Gasteiger partial charge in [0.1, 0.15) is 5.01 Å². The Hall–Kier alpha value is -0.280. The average molecular weight is 440 g/mol. The summed E-state index contributed by atoms with van der Waals surface area (Å²) in [6.07, 6.45) is 1.74. The molecule has 0 fully saturated rings. The summed E-state index contributed by atoms with van der Waals surface area (Å²) in [5.74, 6) is 0. The van der Waals surface area contributed by atoms with E-state index in [1.807, 2.05) is 6.92 Å². The van der Waals surface area contributed by atoms with Crippen LogP contribution in [-0.2, 0) is 10.0 Å². The van der Waals surface area contributed by atoms with Crippen molar-refractivity contribution >= 4 is 53.2 Å². The Morgan fingerprint density at radius 3 is 2.65 bits per heavy atom. The summed E-state index contributed by atoms with van der Waals surface area (Å²) < 4.78 is 28.7. The summed E-state index contributed by atoms with van der Waals surface area (Å²) in [5.41, 5.74) is 0. The molecule has 0 saturated heterocycles. The Bertz CT molecular complexity index is 729. The third kappa shape index (κ3) is 3.67. The zero-order valence-electron chi connectivity index (χ0n) is 10.7. The van der Waals surface area contributed by atoms with E-state index in [0.29, 0.717) is 8.95 Å². The van der Waals surface area contributed by atoms with Crippen LogP contribution in [0.5, 0.6) is 0 Å². The number of sulfonamides is 1. The van der Waals surface area contributed by atoms with Gasteiger partial charge in [-0.2, -0.15) is 0 Å². The smallest absolute Gasteiger partial charge is 0.242 e. The number of nitrogens with zero attached hydrogens (tertiary/aromatic N) is 1. The second kappa shape index (κ2) is 6.23. The van der Waals surface area contributed by atoms with E-state index in [-0.39, 0.29) is 10.9 Å². The first-order valence-electron chi connectivity index (χ1n) is 5.69. The van der Waals surface area contributed by atoms with Crippen LogP contribution >= 0.6 is 43.2 Å². The lowest BCUT2D eigenvalue weighted by molar-refractivity contribution is 0.566. The highest BCUT2D eigenvalue weighted by Crippen LogP contribution is 2.27. The van der Waals surface area contributed by atoms with Crippen molar-refractivity contribution in [3.8, 4) is 0 Å². The number of hydrogen-bond acceptors (Lipinski definition) is 4. The topological polar surface area (TPSA) is 59.1 Å². The van der Waals surface area contributed by atoms with Crippen molar-refractivity contribution in [1.82, 2.24) is 9.71 Å². The lowest BCUT2D eigenvalue weighted by Crippen LogP contribution is -2.27. The van der Waals surface area contributed by atoms with E-state index in [9.17, 15) is 8.42 Å². The van der Waals surface area contributed by atoms with E-state index < -0.39 is 10.0 Å². The van der Waals surface area contributed by atoms with Crippen LogP contribution in [0, 0.1) is 6.92 Å². The molecule has 0 aliphatic heterocycles. The summed E-state index contributed by atoms with van der Waals surface area (Å²) in [5, 5.41) is 0.747. The van der Waals surface area contributed by atoms with Crippen LogP contribution in [0.15, 0.2) is 38.2 Å². The highest BCUT2D eigenvalue weighted by atomic mass is 79.9. The van der Waals surface area contributed by atoms with Gasteiger partial charge >= 0.3 is 0 Å². The first-order valence-corrected chi connectivity index (χ1v) is 9.58. The largest absolute Gasteiger partial charge is 0.248 e. The van der Waals surface area contributed by atoms with Crippen molar-refractivity contribution in [2.75, 3.05) is 0 Å². The van der Waals surface area contributed by atoms with Crippen LogP contribution in [0.3, 0.4) is 0 Å². The molecule has 0 spiro atoms. The van der Waals surface area contributed by atoms with E-state index >= 15 is 0 Å². The predicted molar refractivity (Wildman–Crippen MR) is 87.4 cm³/mol. The number of halogens is 2. The van der Waals surface area contributed by atoms with Gasteiger partial charge in [-0.25, -0.2) is 18.1 Å². The normalized spacial score (nSPS) is 13.4. The molecular weight excluding hydrogens is 428 g/mol. The molecule has 0 amide bonds. The Morgan fingerprint density at radius 1 is 1.35 bits per heavy atom. The van der Waals surface area contributed by atoms with Crippen LogP contribution in [0.1, 0.15) is 22.9 Å². The van der Waals surface area contributed by atoms with Gasteiger partial charge in [0.05, 0.1) is 10.9 Å². The molecule has 1 aromatic carbocycles. The van der Waals surface area contributed by atoms with E-state index in [1.54, 1.807) is 31.3 Å². The number of thiazole rings is 1. The third-order valence-corrected chi connectivity index (χ3v) is 6.65. The molecule has 1 unspecified atom stereocenters. The maximum absolute atomic E-state index is 12.4.